The molecule has 0 bridgehead atoms. The fourth-order valence-electron chi connectivity index (χ4n) is 4.02. The molecule has 1 saturated heterocycles. The number of imidazole rings is 1. The van der Waals surface area contributed by atoms with Crippen LogP contribution in [0.3, 0.4) is 0 Å². The van der Waals surface area contributed by atoms with Crippen LogP contribution in [0, 0.1) is 0 Å². The second-order valence-corrected chi connectivity index (χ2v) is 7.79. The molecule has 1 N–H and O–H groups in total. The van der Waals surface area contributed by atoms with E-state index in [1.165, 1.54) is 10.6 Å². The summed E-state index contributed by atoms with van der Waals surface area (Å²) in [4.78, 5) is 18.7. The van der Waals surface area contributed by atoms with Crippen molar-refractivity contribution < 1.29 is 13.2 Å². The van der Waals surface area contributed by atoms with E-state index in [0.717, 1.165) is 24.6 Å². The Hall–Kier alpha value is -3.54. The molecule has 4 aromatic heterocycles. The minimum atomic E-state index is -4.56. The Balaban J connectivity index is 1.49. The van der Waals surface area contributed by atoms with Gasteiger partial charge in [-0.3, -0.25) is 9.08 Å². The van der Waals surface area contributed by atoms with Crippen LogP contribution in [0.4, 0.5) is 19.0 Å². The predicted octanol–water partition coefficient (Wildman–Crippen LogP) is 2.48. The molecule has 1 fully saturated rings. The Bertz CT molecular complexity index is 1260. The molecule has 166 valence electrons. The summed E-state index contributed by atoms with van der Waals surface area (Å²) in [5, 5.41) is 7.83. The molecule has 0 amide bonds. The summed E-state index contributed by atoms with van der Waals surface area (Å²) in [7, 11) is 1.90. The number of nitrogens with zero attached hydrogens (tertiary/aromatic N) is 8. The summed E-state index contributed by atoms with van der Waals surface area (Å²) in [5.41, 5.74) is 0.704. The summed E-state index contributed by atoms with van der Waals surface area (Å²) in [6.45, 7) is 3.48. The number of aryl methyl sites for hydroxylation is 1. The van der Waals surface area contributed by atoms with E-state index >= 15 is 0 Å². The molecule has 0 aromatic carbocycles. The number of nitrogens with one attached hydrogen (secondary N) is 1. The molecule has 1 aliphatic heterocycles. The minimum Gasteiger partial charge on any atom is -0.353 e. The first-order valence-corrected chi connectivity index (χ1v) is 10.0. The molecular formula is C20H20F3N9. The van der Waals surface area contributed by atoms with Crippen LogP contribution in [0.25, 0.3) is 17.2 Å². The zero-order chi connectivity index (χ0) is 22.5. The topological polar surface area (TPSA) is 89.1 Å². The lowest BCUT2D eigenvalue weighted by Gasteiger charge is -2.38. The van der Waals surface area contributed by atoms with Gasteiger partial charge in [-0.2, -0.15) is 18.3 Å². The van der Waals surface area contributed by atoms with Gasteiger partial charge in [-0.05, 0) is 19.1 Å². The molecule has 0 spiro atoms. The van der Waals surface area contributed by atoms with Crippen LogP contribution in [0.2, 0.25) is 0 Å². The summed E-state index contributed by atoms with van der Waals surface area (Å²) >= 11 is 0. The minimum absolute atomic E-state index is 0.0564. The third kappa shape index (κ3) is 3.66. The molecular weight excluding hydrogens is 423 g/mol. The Labute approximate surface area is 181 Å². The van der Waals surface area contributed by atoms with Gasteiger partial charge < -0.3 is 10.2 Å². The lowest BCUT2D eigenvalue weighted by Crippen LogP contribution is -2.51. The number of halogens is 3. The Morgan fingerprint density at radius 1 is 1.06 bits per heavy atom. The first kappa shape index (κ1) is 20.4. The molecule has 0 radical (unpaired) electrons. The van der Waals surface area contributed by atoms with Crippen LogP contribution in [-0.2, 0) is 13.2 Å². The maximum atomic E-state index is 13.1. The summed E-state index contributed by atoms with van der Waals surface area (Å²) in [6, 6.07) is 4.02. The maximum Gasteiger partial charge on any atom is 0.434 e. The van der Waals surface area contributed by atoms with Gasteiger partial charge >= 0.3 is 6.18 Å². The van der Waals surface area contributed by atoms with Crippen molar-refractivity contribution in [3.8, 4) is 11.5 Å². The van der Waals surface area contributed by atoms with Crippen LogP contribution >= 0.6 is 0 Å². The quantitative estimate of drug-likeness (QED) is 0.520. The number of rotatable bonds is 3. The van der Waals surface area contributed by atoms with Gasteiger partial charge in [-0.1, -0.05) is 0 Å². The molecule has 32 heavy (non-hydrogen) atoms. The van der Waals surface area contributed by atoms with Crippen LogP contribution < -0.4 is 10.2 Å². The van der Waals surface area contributed by atoms with E-state index in [2.05, 4.69) is 42.2 Å². The first-order valence-electron chi connectivity index (χ1n) is 10.0. The standard InChI is InChI=1S/C20H20F3N9/c1-12-9-31(10-13(28-12)14-3-6-27-30(14)2)17-4-5-24-19(29-17)15-7-26-18-8-25-16(11-32(15)18)20(21,22)23/h3-8,11-13,28H,9-10H2,1-2H3/t12-,13-/m1/s1. The molecule has 0 unspecified atom stereocenters. The van der Waals surface area contributed by atoms with E-state index in [9.17, 15) is 13.2 Å². The molecule has 4 aromatic rings. The van der Waals surface area contributed by atoms with Crippen molar-refractivity contribution >= 4 is 11.5 Å². The SMILES string of the molecule is C[C@@H]1CN(c2ccnc(-c3cnc4cnc(C(F)(F)F)cn34)n2)C[C@H](c2ccnn2C)N1. The third-order valence-electron chi connectivity index (χ3n) is 5.48. The zero-order valence-electron chi connectivity index (χ0n) is 17.3. The van der Waals surface area contributed by atoms with Crippen molar-refractivity contribution in [1.29, 1.82) is 0 Å². The van der Waals surface area contributed by atoms with E-state index in [1.54, 1.807) is 18.5 Å². The van der Waals surface area contributed by atoms with E-state index in [-0.39, 0.29) is 23.6 Å². The molecule has 5 heterocycles. The number of fused-ring (bicyclic) bond motifs is 1. The van der Waals surface area contributed by atoms with Gasteiger partial charge in [0, 0.05) is 44.8 Å². The smallest absolute Gasteiger partial charge is 0.353 e. The van der Waals surface area contributed by atoms with Gasteiger partial charge in [0.1, 0.15) is 11.5 Å². The summed E-state index contributed by atoms with van der Waals surface area (Å²) in [5.74, 6) is 0.980. The molecule has 9 nitrogen and oxygen atoms in total. The van der Waals surface area contributed by atoms with Gasteiger partial charge in [0.2, 0.25) is 0 Å². The van der Waals surface area contributed by atoms with E-state index in [1.807, 2.05) is 17.8 Å². The lowest BCUT2D eigenvalue weighted by atomic mass is 10.1. The Morgan fingerprint density at radius 3 is 2.66 bits per heavy atom. The zero-order valence-corrected chi connectivity index (χ0v) is 17.3. The molecule has 0 aliphatic carbocycles. The average molecular weight is 443 g/mol. The Kier molecular flexibility index (Phi) is 4.81. The number of aromatic nitrogens is 7. The summed E-state index contributed by atoms with van der Waals surface area (Å²) in [6.07, 6.45) is 2.27. The van der Waals surface area contributed by atoms with Gasteiger partial charge in [0.05, 0.1) is 24.1 Å². The highest BCUT2D eigenvalue weighted by Crippen LogP contribution is 2.29. The number of piperazine rings is 1. The van der Waals surface area contributed by atoms with Crippen LogP contribution in [0.1, 0.15) is 24.4 Å². The normalized spacial score (nSPS) is 19.6. The second-order valence-electron chi connectivity index (χ2n) is 7.79. The summed E-state index contributed by atoms with van der Waals surface area (Å²) < 4.78 is 42.6. The number of alkyl halides is 3. The average Bonchev–Trinajstić information content (AvgIpc) is 3.38. The van der Waals surface area contributed by atoms with Crippen LogP contribution in [-0.4, -0.2) is 53.2 Å². The highest BCUT2D eigenvalue weighted by Gasteiger charge is 2.33. The van der Waals surface area contributed by atoms with Gasteiger partial charge in [-0.25, -0.2) is 19.9 Å². The van der Waals surface area contributed by atoms with Crippen LogP contribution in [0.15, 0.2) is 43.1 Å². The second kappa shape index (κ2) is 7.55. The van der Waals surface area contributed by atoms with Crippen molar-refractivity contribution in [3.63, 3.8) is 0 Å². The molecule has 5 rings (SSSR count). The van der Waals surface area contributed by atoms with Crippen molar-refractivity contribution in [2.24, 2.45) is 7.05 Å². The Morgan fingerprint density at radius 2 is 1.91 bits per heavy atom. The highest BCUT2D eigenvalue weighted by molar-refractivity contribution is 5.58. The van der Waals surface area contributed by atoms with Gasteiger partial charge in [0.25, 0.3) is 0 Å². The van der Waals surface area contributed by atoms with Crippen molar-refractivity contribution in [2.45, 2.75) is 25.2 Å². The van der Waals surface area contributed by atoms with Gasteiger partial charge in [-0.15, -0.1) is 0 Å². The largest absolute Gasteiger partial charge is 0.434 e. The number of anilines is 1. The number of hydrogen-bond donors (Lipinski definition) is 1. The maximum absolute atomic E-state index is 13.1. The van der Waals surface area contributed by atoms with E-state index in [4.69, 9.17) is 0 Å². The third-order valence-corrected chi connectivity index (χ3v) is 5.48. The van der Waals surface area contributed by atoms with E-state index < -0.39 is 11.9 Å². The molecule has 2 atom stereocenters. The molecule has 12 heteroatoms. The molecule has 0 saturated carbocycles. The van der Waals surface area contributed by atoms with Gasteiger partial charge in [0.15, 0.2) is 17.2 Å². The highest BCUT2D eigenvalue weighted by atomic mass is 19.4. The van der Waals surface area contributed by atoms with Crippen molar-refractivity contribution in [2.75, 3.05) is 18.0 Å². The fourth-order valence-corrected chi connectivity index (χ4v) is 4.02. The van der Waals surface area contributed by atoms with Crippen LogP contribution in [0.5, 0.6) is 0 Å². The van der Waals surface area contributed by atoms with Crippen molar-refractivity contribution in [3.05, 3.63) is 54.5 Å². The predicted molar refractivity (Wildman–Crippen MR) is 110 cm³/mol. The van der Waals surface area contributed by atoms with E-state index in [0.29, 0.717) is 18.1 Å². The first-order chi connectivity index (χ1) is 15.3. The monoisotopic (exact) mass is 443 g/mol. The number of hydrogen-bond acceptors (Lipinski definition) is 7. The van der Waals surface area contributed by atoms with Crippen molar-refractivity contribution in [1.82, 2.24) is 39.4 Å². The molecule has 1 aliphatic rings. The lowest BCUT2D eigenvalue weighted by molar-refractivity contribution is -0.141. The fraction of sp³-hybridized carbons (Fsp3) is 0.350.